The van der Waals surface area contributed by atoms with E-state index in [0.717, 1.165) is 11.4 Å². The Morgan fingerprint density at radius 1 is 1.11 bits per heavy atom. The van der Waals surface area contributed by atoms with Gasteiger partial charge in [-0.2, -0.15) is 0 Å². The molecule has 6 heteroatoms. The van der Waals surface area contributed by atoms with Crippen LogP contribution >= 0.6 is 0 Å². The van der Waals surface area contributed by atoms with Gasteiger partial charge in [-0.05, 0) is 32.4 Å². The zero-order chi connectivity index (χ0) is 19.8. The van der Waals surface area contributed by atoms with Crippen molar-refractivity contribution in [2.75, 3.05) is 13.1 Å². The highest BCUT2D eigenvalue weighted by atomic mass is 16.4. The lowest BCUT2D eigenvalue weighted by atomic mass is 9.91. The molecule has 1 aromatic heterocycles. The van der Waals surface area contributed by atoms with Crippen molar-refractivity contribution in [2.45, 2.75) is 45.3 Å². The minimum atomic E-state index is -1.73. The number of carbonyl (C=O) groups excluding carboxylic acids is 1. The van der Waals surface area contributed by atoms with E-state index in [2.05, 4.69) is 23.6 Å². The van der Waals surface area contributed by atoms with Crippen molar-refractivity contribution in [3.8, 4) is 0 Å². The van der Waals surface area contributed by atoms with Crippen molar-refractivity contribution in [1.82, 2.24) is 9.47 Å². The van der Waals surface area contributed by atoms with Gasteiger partial charge in [-0.1, -0.05) is 30.3 Å². The molecule has 0 saturated carbocycles. The first-order valence-electron chi connectivity index (χ1n) is 9.23. The number of aliphatic hydroxyl groups is 1. The van der Waals surface area contributed by atoms with Crippen molar-refractivity contribution < 1.29 is 19.8 Å². The van der Waals surface area contributed by atoms with E-state index in [-0.39, 0.29) is 37.9 Å². The number of carboxylic acids is 1. The fraction of sp³-hybridized carbons (Fsp3) is 0.429. The Balaban J connectivity index is 1.82. The van der Waals surface area contributed by atoms with Crippen LogP contribution in [-0.2, 0) is 4.79 Å². The van der Waals surface area contributed by atoms with E-state index in [4.69, 9.17) is 5.11 Å². The van der Waals surface area contributed by atoms with E-state index in [9.17, 15) is 14.7 Å². The quantitative estimate of drug-likeness (QED) is 0.867. The minimum absolute atomic E-state index is 0.0488. The lowest BCUT2D eigenvalue weighted by molar-refractivity contribution is -0.162. The van der Waals surface area contributed by atoms with Crippen LogP contribution in [0.4, 0.5) is 0 Å². The SMILES string of the molecule is Cc1cc(C(=O)N2CCC(O)(C(=O)O)CC2)c(C)n1C(C)c1ccccc1. The summed E-state index contributed by atoms with van der Waals surface area (Å²) in [5.41, 5.74) is 1.98. The molecule has 2 aromatic rings. The summed E-state index contributed by atoms with van der Waals surface area (Å²) in [6, 6.07) is 12.1. The molecule has 1 unspecified atom stereocenters. The van der Waals surface area contributed by atoms with Gasteiger partial charge in [-0.25, -0.2) is 4.79 Å². The number of hydrogen-bond acceptors (Lipinski definition) is 3. The first-order chi connectivity index (χ1) is 12.7. The standard InChI is InChI=1S/C21H26N2O4/c1-14-13-18(16(3)23(14)15(2)17-7-5-4-6-8-17)19(24)22-11-9-21(27,10-12-22)20(25)26/h4-8,13,15,27H,9-12H2,1-3H3,(H,25,26). The molecule has 1 amide bonds. The maximum absolute atomic E-state index is 13.0. The molecule has 3 rings (SSSR count). The third kappa shape index (κ3) is 3.49. The number of amides is 1. The fourth-order valence-corrected chi connectivity index (χ4v) is 3.93. The molecular weight excluding hydrogens is 344 g/mol. The Labute approximate surface area is 159 Å². The summed E-state index contributed by atoms with van der Waals surface area (Å²) in [5, 5.41) is 19.2. The molecule has 27 heavy (non-hydrogen) atoms. The third-order valence-corrected chi connectivity index (χ3v) is 5.66. The van der Waals surface area contributed by atoms with Gasteiger partial charge in [-0.15, -0.1) is 0 Å². The monoisotopic (exact) mass is 370 g/mol. The van der Waals surface area contributed by atoms with Crippen molar-refractivity contribution >= 4 is 11.9 Å². The van der Waals surface area contributed by atoms with Gasteiger partial charge < -0.3 is 19.7 Å². The summed E-state index contributed by atoms with van der Waals surface area (Å²) in [6.07, 6.45) is 0.0977. The number of nitrogens with zero attached hydrogens (tertiary/aromatic N) is 2. The predicted octanol–water partition coefficient (Wildman–Crippen LogP) is 2.77. The van der Waals surface area contributed by atoms with Gasteiger partial charge >= 0.3 is 5.97 Å². The molecule has 1 fully saturated rings. The smallest absolute Gasteiger partial charge is 0.335 e. The van der Waals surface area contributed by atoms with Gasteiger partial charge in [0.15, 0.2) is 5.60 Å². The van der Waals surface area contributed by atoms with Crippen LogP contribution in [0.5, 0.6) is 0 Å². The Kier molecular flexibility index (Phi) is 5.11. The van der Waals surface area contributed by atoms with Crippen LogP contribution in [0.2, 0.25) is 0 Å². The molecule has 2 heterocycles. The lowest BCUT2D eigenvalue weighted by Gasteiger charge is -2.35. The number of piperidine rings is 1. The number of aliphatic carboxylic acids is 1. The van der Waals surface area contributed by atoms with Gasteiger partial charge in [0.2, 0.25) is 0 Å². The highest BCUT2D eigenvalue weighted by Gasteiger charge is 2.40. The number of carboxylic acid groups (broad SMARTS) is 1. The number of hydrogen-bond donors (Lipinski definition) is 2. The van der Waals surface area contributed by atoms with Gasteiger partial charge in [0, 0.05) is 37.3 Å². The van der Waals surface area contributed by atoms with Crippen LogP contribution in [0, 0.1) is 13.8 Å². The zero-order valence-electron chi connectivity index (χ0n) is 16.0. The third-order valence-electron chi connectivity index (χ3n) is 5.66. The molecule has 0 radical (unpaired) electrons. The van der Waals surface area contributed by atoms with Crippen LogP contribution in [-0.4, -0.2) is 50.2 Å². The highest BCUT2D eigenvalue weighted by Crippen LogP contribution is 2.28. The zero-order valence-corrected chi connectivity index (χ0v) is 16.0. The van der Waals surface area contributed by atoms with Crippen molar-refractivity contribution in [2.24, 2.45) is 0 Å². The van der Waals surface area contributed by atoms with Crippen LogP contribution in [0.3, 0.4) is 0 Å². The average Bonchev–Trinajstić information content (AvgIpc) is 2.96. The number of likely N-dealkylation sites (tertiary alicyclic amines) is 1. The lowest BCUT2D eigenvalue weighted by Crippen LogP contribution is -2.50. The molecular formula is C21H26N2O4. The van der Waals surface area contributed by atoms with E-state index in [1.807, 2.05) is 38.1 Å². The van der Waals surface area contributed by atoms with Gasteiger partial charge in [0.05, 0.1) is 11.6 Å². The van der Waals surface area contributed by atoms with E-state index < -0.39 is 11.6 Å². The number of carbonyl (C=O) groups is 2. The Bertz CT molecular complexity index is 849. The number of aryl methyl sites for hydroxylation is 1. The maximum Gasteiger partial charge on any atom is 0.335 e. The first kappa shape index (κ1) is 19.2. The van der Waals surface area contributed by atoms with Crippen LogP contribution in [0.15, 0.2) is 36.4 Å². The van der Waals surface area contributed by atoms with Crippen LogP contribution in [0.1, 0.15) is 53.1 Å². The molecule has 0 bridgehead atoms. The molecule has 6 nitrogen and oxygen atoms in total. The van der Waals surface area contributed by atoms with Crippen molar-refractivity contribution in [3.05, 3.63) is 58.9 Å². The Hall–Kier alpha value is -2.60. The van der Waals surface area contributed by atoms with Crippen molar-refractivity contribution in [3.63, 3.8) is 0 Å². The van der Waals surface area contributed by atoms with E-state index in [1.165, 1.54) is 5.56 Å². The molecule has 1 aliphatic heterocycles. The second-order valence-corrected chi connectivity index (χ2v) is 7.37. The molecule has 2 N–H and O–H groups in total. The number of aromatic nitrogens is 1. The van der Waals surface area contributed by atoms with Crippen LogP contribution in [0.25, 0.3) is 0 Å². The van der Waals surface area contributed by atoms with Crippen LogP contribution < -0.4 is 0 Å². The summed E-state index contributed by atoms with van der Waals surface area (Å²) in [5.74, 6) is -1.33. The normalized spacial score (nSPS) is 17.6. The molecule has 1 aliphatic rings. The van der Waals surface area contributed by atoms with E-state index >= 15 is 0 Å². The Morgan fingerprint density at radius 2 is 1.70 bits per heavy atom. The fourth-order valence-electron chi connectivity index (χ4n) is 3.93. The number of rotatable bonds is 4. The second kappa shape index (κ2) is 7.19. The minimum Gasteiger partial charge on any atom is -0.479 e. The number of benzene rings is 1. The summed E-state index contributed by atoms with van der Waals surface area (Å²) in [6.45, 7) is 6.51. The molecule has 1 aromatic carbocycles. The Morgan fingerprint density at radius 3 is 2.26 bits per heavy atom. The topological polar surface area (TPSA) is 82.8 Å². The van der Waals surface area contributed by atoms with E-state index in [0.29, 0.717) is 5.56 Å². The highest BCUT2D eigenvalue weighted by molar-refractivity contribution is 5.96. The molecule has 0 spiro atoms. The predicted molar refractivity (Wildman–Crippen MR) is 102 cm³/mol. The summed E-state index contributed by atoms with van der Waals surface area (Å²) in [4.78, 5) is 25.8. The molecule has 1 atom stereocenters. The van der Waals surface area contributed by atoms with E-state index in [1.54, 1.807) is 4.90 Å². The molecule has 1 saturated heterocycles. The van der Waals surface area contributed by atoms with Crippen molar-refractivity contribution in [1.29, 1.82) is 0 Å². The molecule has 144 valence electrons. The largest absolute Gasteiger partial charge is 0.479 e. The second-order valence-electron chi connectivity index (χ2n) is 7.37. The summed E-state index contributed by atoms with van der Waals surface area (Å²) < 4.78 is 2.15. The summed E-state index contributed by atoms with van der Waals surface area (Å²) >= 11 is 0. The van der Waals surface area contributed by atoms with Gasteiger partial charge in [0.25, 0.3) is 5.91 Å². The van der Waals surface area contributed by atoms with Gasteiger partial charge in [0.1, 0.15) is 0 Å². The average molecular weight is 370 g/mol. The van der Waals surface area contributed by atoms with Gasteiger partial charge in [-0.3, -0.25) is 4.79 Å². The molecule has 0 aliphatic carbocycles. The first-order valence-corrected chi connectivity index (χ1v) is 9.23. The summed E-state index contributed by atoms with van der Waals surface area (Å²) in [7, 11) is 0. The maximum atomic E-state index is 13.0.